The molecule has 0 nitrogen and oxygen atoms in total. The van der Waals surface area contributed by atoms with Gasteiger partial charge in [-0.15, -0.1) is 0 Å². The number of allylic oxidation sites excluding steroid dienone is 1. The first-order chi connectivity index (χ1) is 6.36. The van der Waals surface area contributed by atoms with Crippen molar-refractivity contribution in [3.8, 4) is 0 Å². The van der Waals surface area contributed by atoms with Crippen molar-refractivity contribution in [2.45, 2.75) is 57.8 Å². The van der Waals surface area contributed by atoms with Gasteiger partial charge in [-0.3, -0.25) is 0 Å². The van der Waals surface area contributed by atoms with Gasteiger partial charge in [0.2, 0.25) is 0 Å². The summed E-state index contributed by atoms with van der Waals surface area (Å²) in [5, 5.41) is 0. The lowest BCUT2D eigenvalue weighted by Gasteiger charge is -2.33. The highest BCUT2D eigenvalue weighted by molar-refractivity contribution is 4.99. The van der Waals surface area contributed by atoms with E-state index in [0.717, 1.165) is 11.8 Å². The van der Waals surface area contributed by atoms with Gasteiger partial charge in [-0.1, -0.05) is 44.3 Å². The maximum Gasteiger partial charge on any atom is -0.0320 e. The standard InChI is InChI=1S/C13H22/c1-11-7-9-13(10-8-11)12-5-3-2-4-6-12/h12-13H,1-10H2. The van der Waals surface area contributed by atoms with E-state index in [0.29, 0.717) is 0 Å². The molecule has 2 fully saturated rings. The van der Waals surface area contributed by atoms with Crippen LogP contribution < -0.4 is 0 Å². The Bertz CT molecular complexity index is 164. The van der Waals surface area contributed by atoms with E-state index in [-0.39, 0.29) is 0 Å². The summed E-state index contributed by atoms with van der Waals surface area (Å²) in [5.41, 5.74) is 1.51. The molecule has 2 aliphatic rings. The van der Waals surface area contributed by atoms with Crippen molar-refractivity contribution in [3.05, 3.63) is 12.2 Å². The molecular weight excluding hydrogens is 156 g/mol. The van der Waals surface area contributed by atoms with Gasteiger partial charge in [-0.2, -0.15) is 0 Å². The zero-order chi connectivity index (χ0) is 9.10. The van der Waals surface area contributed by atoms with Gasteiger partial charge in [0.1, 0.15) is 0 Å². The summed E-state index contributed by atoms with van der Waals surface area (Å²) in [4.78, 5) is 0. The molecule has 0 unspecified atom stereocenters. The fourth-order valence-corrected chi connectivity index (χ4v) is 3.13. The van der Waals surface area contributed by atoms with Crippen molar-refractivity contribution in [2.75, 3.05) is 0 Å². The molecule has 0 spiro atoms. The third-order valence-corrected chi connectivity index (χ3v) is 4.05. The van der Waals surface area contributed by atoms with Crippen molar-refractivity contribution in [3.63, 3.8) is 0 Å². The highest BCUT2D eigenvalue weighted by Gasteiger charge is 2.25. The van der Waals surface area contributed by atoms with Crippen LogP contribution in [0.1, 0.15) is 57.8 Å². The summed E-state index contributed by atoms with van der Waals surface area (Å²) < 4.78 is 0. The molecule has 0 heterocycles. The van der Waals surface area contributed by atoms with E-state index in [9.17, 15) is 0 Å². The zero-order valence-corrected chi connectivity index (χ0v) is 8.73. The van der Waals surface area contributed by atoms with Gasteiger partial charge in [-0.25, -0.2) is 0 Å². The van der Waals surface area contributed by atoms with Crippen LogP contribution in [0.4, 0.5) is 0 Å². The van der Waals surface area contributed by atoms with Crippen molar-refractivity contribution >= 4 is 0 Å². The predicted octanol–water partition coefficient (Wildman–Crippen LogP) is 4.31. The smallest absolute Gasteiger partial charge is 0.0320 e. The number of rotatable bonds is 1. The normalized spacial score (nSPS) is 27.8. The van der Waals surface area contributed by atoms with Crippen LogP contribution in [0.2, 0.25) is 0 Å². The first-order valence-electron chi connectivity index (χ1n) is 6.03. The Morgan fingerprint density at radius 2 is 1.31 bits per heavy atom. The van der Waals surface area contributed by atoms with Crippen LogP contribution in [0, 0.1) is 11.8 Å². The Morgan fingerprint density at radius 3 is 1.92 bits per heavy atom. The maximum absolute atomic E-state index is 4.09. The van der Waals surface area contributed by atoms with Crippen molar-refractivity contribution in [1.29, 1.82) is 0 Å². The molecule has 0 atom stereocenters. The highest BCUT2D eigenvalue weighted by atomic mass is 14.3. The SMILES string of the molecule is C=C1CCC(C2CCCCC2)CC1. The third-order valence-electron chi connectivity index (χ3n) is 4.05. The summed E-state index contributed by atoms with van der Waals surface area (Å²) >= 11 is 0. The fraction of sp³-hybridized carbons (Fsp3) is 0.846. The molecule has 0 aromatic rings. The van der Waals surface area contributed by atoms with Crippen LogP contribution >= 0.6 is 0 Å². The Hall–Kier alpha value is -0.260. The lowest BCUT2D eigenvalue weighted by molar-refractivity contribution is 0.212. The number of hydrogen-bond acceptors (Lipinski definition) is 0. The highest BCUT2D eigenvalue weighted by Crippen LogP contribution is 2.39. The first kappa shape index (κ1) is 9.30. The van der Waals surface area contributed by atoms with Crippen molar-refractivity contribution in [1.82, 2.24) is 0 Å². The van der Waals surface area contributed by atoms with Gasteiger partial charge in [0, 0.05) is 0 Å². The minimum atomic E-state index is 1.06. The Morgan fingerprint density at radius 1 is 0.769 bits per heavy atom. The van der Waals surface area contributed by atoms with Gasteiger partial charge in [-0.05, 0) is 37.5 Å². The average Bonchev–Trinajstić information content (AvgIpc) is 2.20. The molecule has 0 amide bonds. The Kier molecular flexibility index (Phi) is 3.08. The second-order valence-corrected chi connectivity index (χ2v) is 4.99. The molecule has 0 saturated heterocycles. The van der Waals surface area contributed by atoms with E-state index in [1.807, 2.05) is 0 Å². The van der Waals surface area contributed by atoms with E-state index < -0.39 is 0 Å². The molecule has 13 heavy (non-hydrogen) atoms. The minimum Gasteiger partial charge on any atom is -0.0999 e. The molecule has 2 rings (SSSR count). The van der Waals surface area contributed by atoms with Crippen LogP contribution in [0.3, 0.4) is 0 Å². The van der Waals surface area contributed by atoms with E-state index in [4.69, 9.17) is 0 Å². The van der Waals surface area contributed by atoms with Crippen molar-refractivity contribution in [2.24, 2.45) is 11.8 Å². The molecule has 0 N–H and O–H groups in total. The first-order valence-corrected chi connectivity index (χ1v) is 6.03. The molecular formula is C13H22. The van der Waals surface area contributed by atoms with Gasteiger partial charge in [0.25, 0.3) is 0 Å². The lowest BCUT2D eigenvalue weighted by Crippen LogP contribution is -2.20. The van der Waals surface area contributed by atoms with Crippen LogP contribution in [0.15, 0.2) is 12.2 Å². The van der Waals surface area contributed by atoms with Gasteiger partial charge >= 0.3 is 0 Å². The quantitative estimate of drug-likeness (QED) is 0.525. The molecule has 2 aliphatic carbocycles. The average molecular weight is 178 g/mol. The fourth-order valence-electron chi connectivity index (χ4n) is 3.13. The summed E-state index contributed by atoms with van der Waals surface area (Å²) in [6, 6.07) is 0. The van der Waals surface area contributed by atoms with E-state index in [1.165, 1.54) is 63.4 Å². The molecule has 74 valence electrons. The van der Waals surface area contributed by atoms with Crippen LogP contribution in [0.5, 0.6) is 0 Å². The van der Waals surface area contributed by atoms with E-state index in [2.05, 4.69) is 6.58 Å². The molecule has 0 heteroatoms. The molecule has 0 aliphatic heterocycles. The zero-order valence-electron chi connectivity index (χ0n) is 8.73. The molecule has 0 aromatic heterocycles. The van der Waals surface area contributed by atoms with Crippen LogP contribution in [-0.4, -0.2) is 0 Å². The summed E-state index contributed by atoms with van der Waals surface area (Å²) in [7, 11) is 0. The number of hydrogen-bond donors (Lipinski definition) is 0. The van der Waals surface area contributed by atoms with Gasteiger partial charge in [0.15, 0.2) is 0 Å². The van der Waals surface area contributed by atoms with Crippen molar-refractivity contribution < 1.29 is 0 Å². The van der Waals surface area contributed by atoms with E-state index >= 15 is 0 Å². The molecule has 0 bridgehead atoms. The molecule has 2 saturated carbocycles. The Labute approximate surface area is 82.4 Å². The van der Waals surface area contributed by atoms with Gasteiger partial charge < -0.3 is 0 Å². The topological polar surface area (TPSA) is 0 Å². The Balaban J connectivity index is 1.82. The third kappa shape index (κ3) is 2.36. The maximum atomic E-state index is 4.09. The van der Waals surface area contributed by atoms with E-state index in [1.54, 1.807) is 0 Å². The summed E-state index contributed by atoms with van der Waals surface area (Å²) in [6.07, 6.45) is 13.1. The monoisotopic (exact) mass is 178 g/mol. The summed E-state index contributed by atoms with van der Waals surface area (Å²) in [6.45, 7) is 4.09. The largest absolute Gasteiger partial charge is 0.0999 e. The lowest BCUT2D eigenvalue weighted by atomic mass is 9.73. The second-order valence-electron chi connectivity index (χ2n) is 4.99. The predicted molar refractivity (Wildman–Crippen MR) is 57.7 cm³/mol. The van der Waals surface area contributed by atoms with Crippen LogP contribution in [0.25, 0.3) is 0 Å². The molecule has 0 radical (unpaired) electrons. The second kappa shape index (κ2) is 4.30. The summed E-state index contributed by atoms with van der Waals surface area (Å²) in [5.74, 6) is 2.15. The van der Waals surface area contributed by atoms with Gasteiger partial charge in [0.05, 0.1) is 0 Å². The van der Waals surface area contributed by atoms with Crippen LogP contribution in [-0.2, 0) is 0 Å². The molecule has 0 aromatic carbocycles. The minimum absolute atomic E-state index is 1.06.